The molecule has 0 aliphatic carbocycles. The van der Waals surface area contributed by atoms with Gasteiger partial charge >= 0.3 is 0 Å². The Labute approximate surface area is 107 Å². The van der Waals surface area contributed by atoms with E-state index >= 15 is 0 Å². The Morgan fingerprint density at radius 2 is 2.56 bits per heavy atom. The first-order valence-corrected chi connectivity index (χ1v) is 6.43. The third kappa shape index (κ3) is 2.66. The van der Waals surface area contributed by atoms with Crippen LogP contribution in [0.4, 0.5) is 0 Å². The van der Waals surface area contributed by atoms with Crippen LogP contribution in [-0.2, 0) is 11.3 Å². The van der Waals surface area contributed by atoms with Gasteiger partial charge < -0.3 is 9.47 Å². The molecule has 1 fully saturated rings. The fourth-order valence-corrected chi connectivity index (χ4v) is 2.50. The van der Waals surface area contributed by atoms with Gasteiger partial charge in [-0.15, -0.1) is 0 Å². The van der Waals surface area contributed by atoms with Crippen molar-refractivity contribution in [3.8, 4) is 5.75 Å². The summed E-state index contributed by atoms with van der Waals surface area (Å²) in [6.07, 6.45) is 3.79. The first-order valence-electron chi connectivity index (χ1n) is 6.43. The van der Waals surface area contributed by atoms with Gasteiger partial charge in [0.2, 0.25) is 0 Å². The summed E-state index contributed by atoms with van der Waals surface area (Å²) in [7, 11) is 1.66. The number of methoxy groups -OCH3 is 1. The fraction of sp³-hybridized carbons (Fsp3) is 0.750. The van der Waals surface area contributed by atoms with Crippen LogP contribution in [0, 0.1) is 5.92 Å². The van der Waals surface area contributed by atoms with E-state index in [0.29, 0.717) is 5.92 Å². The molecule has 1 aliphatic rings. The van der Waals surface area contributed by atoms with Gasteiger partial charge in [0.25, 0.3) is 0 Å². The summed E-state index contributed by atoms with van der Waals surface area (Å²) < 4.78 is 12.7. The number of rotatable bonds is 6. The largest absolute Gasteiger partial charge is 0.493 e. The number of hydrazine groups is 1. The molecule has 1 aromatic rings. The molecule has 3 N–H and O–H groups in total. The second kappa shape index (κ2) is 6.17. The summed E-state index contributed by atoms with van der Waals surface area (Å²) in [6.45, 7) is 4.53. The second-order valence-corrected chi connectivity index (χ2v) is 4.60. The quantitative estimate of drug-likeness (QED) is 0.581. The number of hydrogen-bond acceptors (Lipinski definition) is 5. The van der Waals surface area contributed by atoms with Crippen molar-refractivity contribution in [1.82, 2.24) is 15.2 Å². The van der Waals surface area contributed by atoms with E-state index in [-0.39, 0.29) is 6.04 Å². The molecule has 2 heterocycles. The lowest BCUT2D eigenvalue weighted by Crippen LogP contribution is -2.32. The Bertz CT molecular complexity index is 353. The van der Waals surface area contributed by atoms with Gasteiger partial charge in [-0.1, -0.05) is 0 Å². The average Bonchev–Trinajstić information content (AvgIpc) is 3.04. The van der Waals surface area contributed by atoms with E-state index in [2.05, 4.69) is 17.4 Å². The van der Waals surface area contributed by atoms with Crippen LogP contribution in [0.25, 0.3) is 0 Å². The molecule has 2 rings (SSSR count). The Morgan fingerprint density at radius 1 is 1.72 bits per heavy atom. The van der Waals surface area contributed by atoms with Crippen molar-refractivity contribution in [1.29, 1.82) is 0 Å². The molecule has 1 saturated heterocycles. The number of nitrogens with one attached hydrogen (secondary N) is 1. The number of nitrogens with zero attached hydrogens (tertiary/aromatic N) is 2. The van der Waals surface area contributed by atoms with Gasteiger partial charge in [-0.25, -0.2) is 0 Å². The van der Waals surface area contributed by atoms with Crippen LogP contribution in [0.2, 0.25) is 0 Å². The average molecular weight is 254 g/mol. The standard InChI is InChI=1S/C12H22N4O2/c1-3-16-12(11(17-2)7-14-16)10(15-13)6-9-4-5-18-8-9/h7,9-10,15H,3-6,8,13H2,1-2H3. The minimum atomic E-state index is 0.0501. The molecule has 0 bridgehead atoms. The SMILES string of the molecule is CCn1ncc(OC)c1C(CC1CCOC1)NN. The smallest absolute Gasteiger partial charge is 0.161 e. The third-order valence-corrected chi connectivity index (χ3v) is 3.49. The zero-order chi connectivity index (χ0) is 13.0. The first-order chi connectivity index (χ1) is 8.80. The molecule has 102 valence electrons. The minimum Gasteiger partial charge on any atom is -0.493 e. The predicted molar refractivity (Wildman–Crippen MR) is 68.1 cm³/mol. The lowest BCUT2D eigenvalue weighted by Gasteiger charge is -2.21. The van der Waals surface area contributed by atoms with E-state index < -0.39 is 0 Å². The maximum atomic E-state index is 5.70. The van der Waals surface area contributed by atoms with E-state index in [1.807, 2.05) is 4.68 Å². The minimum absolute atomic E-state index is 0.0501. The van der Waals surface area contributed by atoms with Crippen LogP contribution in [-0.4, -0.2) is 30.1 Å². The van der Waals surface area contributed by atoms with Crippen LogP contribution >= 0.6 is 0 Å². The van der Waals surface area contributed by atoms with Crippen LogP contribution in [0.3, 0.4) is 0 Å². The highest BCUT2D eigenvalue weighted by Crippen LogP contribution is 2.31. The lowest BCUT2D eigenvalue weighted by atomic mass is 9.97. The summed E-state index contributed by atoms with van der Waals surface area (Å²) in [4.78, 5) is 0. The lowest BCUT2D eigenvalue weighted by molar-refractivity contribution is 0.181. The van der Waals surface area contributed by atoms with Crippen LogP contribution < -0.4 is 16.0 Å². The molecule has 0 spiro atoms. The zero-order valence-electron chi connectivity index (χ0n) is 11.1. The van der Waals surface area contributed by atoms with Crippen molar-refractivity contribution in [2.75, 3.05) is 20.3 Å². The molecular weight excluding hydrogens is 232 g/mol. The van der Waals surface area contributed by atoms with Gasteiger partial charge in [-0.3, -0.25) is 16.0 Å². The number of hydrogen-bond donors (Lipinski definition) is 2. The van der Waals surface area contributed by atoms with Crippen molar-refractivity contribution < 1.29 is 9.47 Å². The molecule has 0 amide bonds. The Kier molecular flexibility index (Phi) is 4.57. The second-order valence-electron chi connectivity index (χ2n) is 4.60. The van der Waals surface area contributed by atoms with Crippen molar-refractivity contribution in [2.24, 2.45) is 11.8 Å². The molecular formula is C12H22N4O2. The van der Waals surface area contributed by atoms with E-state index in [9.17, 15) is 0 Å². The summed E-state index contributed by atoms with van der Waals surface area (Å²) >= 11 is 0. The summed E-state index contributed by atoms with van der Waals surface area (Å²) in [5, 5.41) is 4.31. The van der Waals surface area contributed by atoms with E-state index in [4.69, 9.17) is 15.3 Å². The van der Waals surface area contributed by atoms with Gasteiger partial charge in [-0.05, 0) is 25.7 Å². The van der Waals surface area contributed by atoms with Gasteiger partial charge in [0, 0.05) is 19.8 Å². The summed E-state index contributed by atoms with van der Waals surface area (Å²) in [6, 6.07) is 0.0501. The highest BCUT2D eigenvalue weighted by Gasteiger charge is 2.26. The van der Waals surface area contributed by atoms with Crippen LogP contribution in [0.15, 0.2) is 6.20 Å². The highest BCUT2D eigenvalue weighted by atomic mass is 16.5. The van der Waals surface area contributed by atoms with Crippen molar-refractivity contribution in [2.45, 2.75) is 32.4 Å². The number of nitrogens with two attached hydrogens (primary N) is 1. The van der Waals surface area contributed by atoms with Gasteiger partial charge in [0.15, 0.2) is 5.75 Å². The first kappa shape index (κ1) is 13.3. The summed E-state index contributed by atoms with van der Waals surface area (Å²) in [5.41, 5.74) is 3.91. The van der Waals surface area contributed by atoms with Gasteiger partial charge in [-0.2, -0.15) is 5.10 Å². The molecule has 6 nitrogen and oxygen atoms in total. The Hall–Kier alpha value is -1.11. The van der Waals surface area contributed by atoms with E-state index in [1.165, 1.54) is 0 Å². The van der Waals surface area contributed by atoms with E-state index in [0.717, 1.165) is 44.0 Å². The summed E-state index contributed by atoms with van der Waals surface area (Å²) in [5.74, 6) is 7.04. The zero-order valence-corrected chi connectivity index (χ0v) is 11.1. The highest BCUT2D eigenvalue weighted by molar-refractivity contribution is 5.28. The normalized spacial score (nSPS) is 21.2. The maximum absolute atomic E-state index is 5.70. The predicted octanol–water partition coefficient (Wildman–Crippen LogP) is 0.843. The maximum Gasteiger partial charge on any atom is 0.161 e. The van der Waals surface area contributed by atoms with Crippen molar-refractivity contribution >= 4 is 0 Å². The molecule has 2 atom stereocenters. The number of aromatic nitrogens is 2. The van der Waals surface area contributed by atoms with Crippen LogP contribution in [0.5, 0.6) is 5.75 Å². The number of ether oxygens (including phenoxy) is 2. The van der Waals surface area contributed by atoms with Crippen molar-refractivity contribution in [3.63, 3.8) is 0 Å². The molecule has 0 radical (unpaired) electrons. The number of aryl methyl sites for hydroxylation is 1. The monoisotopic (exact) mass is 254 g/mol. The topological polar surface area (TPSA) is 74.3 Å². The van der Waals surface area contributed by atoms with Crippen molar-refractivity contribution in [3.05, 3.63) is 11.9 Å². The fourth-order valence-electron chi connectivity index (χ4n) is 2.50. The molecule has 18 heavy (non-hydrogen) atoms. The molecule has 1 aliphatic heterocycles. The Morgan fingerprint density at radius 3 is 3.11 bits per heavy atom. The molecule has 0 aromatic carbocycles. The van der Waals surface area contributed by atoms with Gasteiger partial charge in [0.1, 0.15) is 0 Å². The third-order valence-electron chi connectivity index (χ3n) is 3.49. The molecule has 2 unspecified atom stereocenters. The molecule has 0 saturated carbocycles. The molecule has 1 aromatic heterocycles. The van der Waals surface area contributed by atoms with E-state index in [1.54, 1.807) is 13.3 Å². The Balaban J connectivity index is 2.16. The van der Waals surface area contributed by atoms with Gasteiger partial charge in [0.05, 0.1) is 25.0 Å². The molecule has 6 heteroatoms. The van der Waals surface area contributed by atoms with Crippen LogP contribution in [0.1, 0.15) is 31.5 Å².